The van der Waals surface area contributed by atoms with Gasteiger partial charge in [-0.15, -0.1) is 0 Å². The Balaban J connectivity index is 1.70. The summed E-state index contributed by atoms with van der Waals surface area (Å²) in [7, 11) is 0. The molecule has 8 heteroatoms. The number of aromatic nitrogens is 3. The smallest absolute Gasteiger partial charge is 0.238 e. The van der Waals surface area contributed by atoms with Gasteiger partial charge in [0.25, 0.3) is 0 Å². The Hall–Kier alpha value is -1.96. The summed E-state index contributed by atoms with van der Waals surface area (Å²) in [5, 5.41) is 16.7. The number of carbonyl (C=O) groups is 1. The molecule has 3 rings (SSSR count). The van der Waals surface area contributed by atoms with E-state index >= 15 is 0 Å². The molecule has 1 atom stereocenters. The average Bonchev–Trinajstić information content (AvgIpc) is 3.18. The third-order valence-electron chi connectivity index (χ3n) is 3.89. The molecule has 23 heavy (non-hydrogen) atoms. The van der Waals surface area contributed by atoms with Crippen LogP contribution in [-0.2, 0) is 4.79 Å². The fourth-order valence-electron chi connectivity index (χ4n) is 2.74. The molecule has 1 fully saturated rings. The summed E-state index contributed by atoms with van der Waals surface area (Å²) in [6, 6.07) is 5.21. The summed E-state index contributed by atoms with van der Waals surface area (Å²) >= 11 is 6.04. The number of amides is 1. The number of carbonyl (C=O) groups excluding carboxylic acids is 1. The van der Waals surface area contributed by atoms with Gasteiger partial charge in [-0.1, -0.05) is 11.6 Å². The second-order valence-electron chi connectivity index (χ2n) is 5.62. The molecule has 0 spiro atoms. The van der Waals surface area contributed by atoms with E-state index in [0.29, 0.717) is 22.9 Å². The lowest BCUT2D eigenvalue weighted by Gasteiger charge is -2.16. The summed E-state index contributed by atoms with van der Waals surface area (Å²) in [6.45, 7) is 2.03. The lowest BCUT2D eigenvalue weighted by molar-refractivity contribution is -0.117. The zero-order valence-corrected chi connectivity index (χ0v) is 13.3. The molecule has 0 saturated carbocycles. The number of aliphatic hydroxyl groups excluding tert-OH is 1. The van der Waals surface area contributed by atoms with Gasteiger partial charge in [-0.05, 0) is 37.1 Å². The molecule has 0 aliphatic carbocycles. The van der Waals surface area contributed by atoms with E-state index in [2.05, 4.69) is 15.4 Å². The van der Waals surface area contributed by atoms with Crippen molar-refractivity contribution < 1.29 is 9.90 Å². The van der Waals surface area contributed by atoms with E-state index < -0.39 is 0 Å². The molecule has 2 aromatic rings. The molecule has 1 aliphatic rings. The highest BCUT2D eigenvalue weighted by atomic mass is 35.5. The lowest BCUT2D eigenvalue weighted by Crippen LogP contribution is -2.32. The van der Waals surface area contributed by atoms with Crippen LogP contribution in [0.25, 0.3) is 5.69 Å². The number of hydrogen-bond donors (Lipinski definition) is 2. The van der Waals surface area contributed by atoms with Crippen LogP contribution >= 0.6 is 11.6 Å². The third kappa shape index (κ3) is 3.87. The van der Waals surface area contributed by atoms with Crippen LogP contribution in [0.1, 0.15) is 6.42 Å². The van der Waals surface area contributed by atoms with Crippen molar-refractivity contribution in [2.75, 3.05) is 31.6 Å². The Labute approximate surface area is 138 Å². The Morgan fingerprint density at radius 1 is 1.48 bits per heavy atom. The first-order valence-electron chi connectivity index (χ1n) is 7.43. The van der Waals surface area contributed by atoms with Crippen LogP contribution in [0.15, 0.2) is 30.9 Å². The Kier molecular flexibility index (Phi) is 4.90. The first kappa shape index (κ1) is 15.9. The van der Waals surface area contributed by atoms with Gasteiger partial charge in [0.1, 0.15) is 12.7 Å². The molecular formula is C15H18ClN5O2. The van der Waals surface area contributed by atoms with E-state index in [1.165, 1.54) is 6.33 Å². The largest absolute Gasteiger partial charge is 0.396 e. The SMILES string of the molecule is O=C(CN1CCC(CO)C1)Nc1cc(Cl)ccc1-n1cncn1. The van der Waals surface area contributed by atoms with Gasteiger partial charge in [-0.2, -0.15) is 5.10 Å². The molecule has 0 bridgehead atoms. The maximum atomic E-state index is 12.3. The molecule has 122 valence electrons. The van der Waals surface area contributed by atoms with E-state index in [1.807, 2.05) is 4.90 Å². The number of anilines is 1. The van der Waals surface area contributed by atoms with Gasteiger partial charge in [0.2, 0.25) is 5.91 Å². The van der Waals surface area contributed by atoms with Crippen molar-refractivity contribution in [1.82, 2.24) is 19.7 Å². The predicted octanol–water partition coefficient (Wildman–Crippen LogP) is 1.17. The normalized spacial score (nSPS) is 18.3. The second kappa shape index (κ2) is 7.08. The van der Waals surface area contributed by atoms with Crippen LogP contribution < -0.4 is 5.32 Å². The summed E-state index contributed by atoms with van der Waals surface area (Å²) in [5.41, 5.74) is 1.29. The summed E-state index contributed by atoms with van der Waals surface area (Å²) in [5.74, 6) is 0.145. The number of nitrogens with one attached hydrogen (secondary N) is 1. The Morgan fingerprint density at radius 3 is 3.04 bits per heavy atom. The monoisotopic (exact) mass is 335 g/mol. The van der Waals surface area contributed by atoms with Gasteiger partial charge in [-0.25, -0.2) is 9.67 Å². The summed E-state index contributed by atoms with van der Waals surface area (Å²) in [6.07, 6.45) is 3.91. The van der Waals surface area contributed by atoms with Gasteiger partial charge >= 0.3 is 0 Å². The first-order valence-corrected chi connectivity index (χ1v) is 7.81. The van der Waals surface area contributed by atoms with E-state index in [4.69, 9.17) is 16.7 Å². The molecule has 1 aromatic heterocycles. The van der Waals surface area contributed by atoms with Crippen LogP contribution in [0, 0.1) is 5.92 Å². The number of aliphatic hydroxyl groups is 1. The molecule has 1 amide bonds. The molecule has 1 unspecified atom stereocenters. The van der Waals surface area contributed by atoms with Gasteiger partial charge in [0, 0.05) is 18.2 Å². The molecule has 1 aliphatic heterocycles. The topological polar surface area (TPSA) is 83.3 Å². The highest BCUT2D eigenvalue weighted by molar-refractivity contribution is 6.31. The zero-order valence-electron chi connectivity index (χ0n) is 12.5. The summed E-state index contributed by atoms with van der Waals surface area (Å²) in [4.78, 5) is 18.2. The average molecular weight is 336 g/mol. The number of hydrogen-bond acceptors (Lipinski definition) is 5. The minimum absolute atomic E-state index is 0.118. The number of halogens is 1. The van der Waals surface area contributed by atoms with Crippen molar-refractivity contribution in [2.24, 2.45) is 5.92 Å². The highest BCUT2D eigenvalue weighted by Crippen LogP contribution is 2.24. The fraction of sp³-hybridized carbons (Fsp3) is 0.400. The number of nitrogens with zero attached hydrogens (tertiary/aromatic N) is 4. The van der Waals surface area contributed by atoms with Crippen LogP contribution in [0.2, 0.25) is 5.02 Å². The van der Waals surface area contributed by atoms with Crippen molar-refractivity contribution in [3.63, 3.8) is 0 Å². The van der Waals surface area contributed by atoms with Gasteiger partial charge in [-0.3, -0.25) is 9.69 Å². The van der Waals surface area contributed by atoms with Crippen molar-refractivity contribution in [3.05, 3.63) is 35.9 Å². The molecule has 1 saturated heterocycles. The van der Waals surface area contributed by atoms with Gasteiger partial charge in [0.05, 0.1) is 17.9 Å². The number of rotatable bonds is 5. The third-order valence-corrected chi connectivity index (χ3v) is 4.13. The molecule has 0 radical (unpaired) electrons. The maximum Gasteiger partial charge on any atom is 0.238 e. The van der Waals surface area contributed by atoms with E-state index in [-0.39, 0.29) is 18.4 Å². The standard InChI is InChI=1S/C15H18ClN5O2/c16-12-1-2-14(21-10-17-9-18-21)13(5-12)19-15(23)7-20-4-3-11(6-20)8-22/h1-2,5,9-11,22H,3-4,6-8H2,(H,19,23). The zero-order chi connectivity index (χ0) is 16.2. The van der Waals surface area contributed by atoms with E-state index in [0.717, 1.165) is 19.5 Å². The first-order chi connectivity index (χ1) is 11.2. The van der Waals surface area contributed by atoms with Crippen molar-refractivity contribution in [3.8, 4) is 5.69 Å². The fourth-order valence-corrected chi connectivity index (χ4v) is 2.91. The van der Waals surface area contributed by atoms with Gasteiger partial charge in [0.15, 0.2) is 0 Å². The highest BCUT2D eigenvalue weighted by Gasteiger charge is 2.23. The van der Waals surface area contributed by atoms with Crippen LogP contribution in [-0.4, -0.2) is 56.9 Å². The molecule has 2 heterocycles. The minimum Gasteiger partial charge on any atom is -0.396 e. The van der Waals surface area contributed by atoms with Crippen LogP contribution in [0.5, 0.6) is 0 Å². The quantitative estimate of drug-likeness (QED) is 0.857. The summed E-state index contributed by atoms with van der Waals surface area (Å²) < 4.78 is 1.57. The van der Waals surface area contributed by atoms with E-state index in [1.54, 1.807) is 29.2 Å². The molecule has 1 aromatic carbocycles. The second-order valence-corrected chi connectivity index (χ2v) is 6.06. The van der Waals surface area contributed by atoms with E-state index in [9.17, 15) is 4.79 Å². The van der Waals surface area contributed by atoms with Crippen molar-refractivity contribution in [2.45, 2.75) is 6.42 Å². The molecule has 7 nitrogen and oxygen atoms in total. The predicted molar refractivity (Wildman–Crippen MR) is 86.6 cm³/mol. The van der Waals surface area contributed by atoms with Crippen LogP contribution in [0.3, 0.4) is 0 Å². The minimum atomic E-state index is -0.118. The van der Waals surface area contributed by atoms with Gasteiger partial charge < -0.3 is 10.4 Å². The van der Waals surface area contributed by atoms with Crippen molar-refractivity contribution >= 4 is 23.2 Å². The molecule has 2 N–H and O–H groups in total. The number of benzene rings is 1. The maximum absolute atomic E-state index is 12.3. The Morgan fingerprint density at radius 2 is 2.35 bits per heavy atom. The number of likely N-dealkylation sites (tertiary alicyclic amines) is 1. The van der Waals surface area contributed by atoms with Crippen molar-refractivity contribution in [1.29, 1.82) is 0 Å². The van der Waals surface area contributed by atoms with Crippen LogP contribution in [0.4, 0.5) is 5.69 Å². The Bertz CT molecular complexity index is 677. The lowest BCUT2D eigenvalue weighted by atomic mass is 10.1. The molecular weight excluding hydrogens is 318 g/mol.